The number of ketones is 1. The third kappa shape index (κ3) is 12.6. The summed E-state index contributed by atoms with van der Waals surface area (Å²) in [4.78, 5) is 57.3. The largest absolute Gasteiger partial charge is 0.501 e. The number of benzene rings is 1. The number of para-hydroxylation sites is 1. The Labute approximate surface area is 324 Å². The van der Waals surface area contributed by atoms with Gasteiger partial charge >= 0.3 is 11.9 Å². The molecule has 12 nitrogen and oxygen atoms in total. The molecule has 0 unspecified atom stereocenters. The van der Waals surface area contributed by atoms with E-state index in [1.54, 1.807) is 45.3 Å². The van der Waals surface area contributed by atoms with Crippen molar-refractivity contribution in [3.63, 3.8) is 0 Å². The van der Waals surface area contributed by atoms with Gasteiger partial charge in [0.1, 0.15) is 24.6 Å². The molecule has 1 saturated heterocycles. The SMILES string of the molecule is CC(=O)O[C@@H]1CC(=O)O[C@H](C)C/C=C/C=C/C(=O)[C@H](C)C[C@H](CC=O)[C@H](O[C@H]2O[C@H](C)[C@@H](CO/C=C\Cc3cnc4ccccc4c3)[C@H](N(C)C)[C@H]2O)[C@H]1C. The first-order valence-corrected chi connectivity index (χ1v) is 19.2. The summed E-state index contributed by atoms with van der Waals surface area (Å²) in [6.45, 7) is 8.71. The minimum absolute atomic E-state index is 0.0120. The molecule has 55 heavy (non-hydrogen) atoms. The second kappa shape index (κ2) is 21.2. The van der Waals surface area contributed by atoms with Crippen LogP contribution in [0, 0.1) is 23.7 Å². The van der Waals surface area contributed by atoms with E-state index in [2.05, 4.69) is 11.1 Å². The Bertz CT molecular complexity index is 1670. The van der Waals surface area contributed by atoms with Crippen molar-refractivity contribution in [2.45, 2.75) is 110 Å². The van der Waals surface area contributed by atoms with E-state index in [-0.39, 0.29) is 37.6 Å². The van der Waals surface area contributed by atoms with E-state index in [4.69, 9.17) is 23.7 Å². The van der Waals surface area contributed by atoms with Gasteiger partial charge in [0.2, 0.25) is 0 Å². The maximum atomic E-state index is 13.2. The van der Waals surface area contributed by atoms with Gasteiger partial charge in [0.05, 0.1) is 37.0 Å². The summed E-state index contributed by atoms with van der Waals surface area (Å²) < 4.78 is 30.4. The molecule has 0 amide bonds. The molecule has 4 rings (SSSR count). The molecule has 300 valence electrons. The van der Waals surface area contributed by atoms with Crippen LogP contribution in [0.3, 0.4) is 0 Å². The number of likely N-dealkylation sites (N-methyl/N-ethyl adjacent to an activating group) is 1. The van der Waals surface area contributed by atoms with Crippen molar-refractivity contribution >= 4 is 34.9 Å². The van der Waals surface area contributed by atoms with E-state index < -0.39 is 72.5 Å². The first-order chi connectivity index (χ1) is 26.3. The van der Waals surface area contributed by atoms with E-state index in [0.717, 1.165) is 22.8 Å². The normalized spacial score (nSPS) is 32.6. The lowest BCUT2D eigenvalue weighted by Gasteiger charge is -2.48. The fraction of sp³-hybridized carbons (Fsp3) is 0.558. The Kier molecular flexibility index (Phi) is 16.7. The highest BCUT2D eigenvalue weighted by molar-refractivity contribution is 5.91. The fourth-order valence-electron chi connectivity index (χ4n) is 7.55. The summed E-state index contributed by atoms with van der Waals surface area (Å²) in [6.07, 6.45) is 8.80. The first kappa shape index (κ1) is 43.5. The Balaban J connectivity index is 1.56. The molecule has 0 radical (unpaired) electrons. The number of carbonyl (C=O) groups excluding carboxylic acids is 4. The quantitative estimate of drug-likeness (QED) is 0.174. The number of aromatic nitrogens is 1. The van der Waals surface area contributed by atoms with Crippen LogP contribution >= 0.6 is 0 Å². The molecular weight excluding hydrogens is 704 g/mol. The maximum Gasteiger partial charge on any atom is 0.309 e. The van der Waals surface area contributed by atoms with Crippen LogP contribution in [0.5, 0.6) is 0 Å². The van der Waals surface area contributed by atoms with Crippen LogP contribution in [0.25, 0.3) is 10.9 Å². The minimum atomic E-state index is -1.16. The van der Waals surface area contributed by atoms with Crippen molar-refractivity contribution in [3.05, 3.63) is 78.7 Å². The average molecular weight is 763 g/mol. The number of hydrogen-bond donors (Lipinski definition) is 1. The Morgan fingerprint density at radius 2 is 1.87 bits per heavy atom. The summed E-state index contributed by atoms with van der Waals surface area (Å²) in [7, 11) is 3.73. The molecule has 0 saturated carbocycles. The Hall–Kier alpha value is -4.23. The van der Waals surface area contributed by atoms with Crippen molar-refractivity contribution < 1.29 is 48.0 Å². The summed E-state index contributed by atoms with van der Waals surface area (Å²) >= 11 is 0. The van der Waals surface area contributed by atoms with Crippen LogP contribution in [-0.4, -0.2) is 103 Å². The molecule has 2 aliphatic heterocycles. The lowest BCUT2D eigenvalue weighted by Crippen LogP contribution is -2.61. The average Bonchev–Trinajstić information content (AvgIpc) is 3.13. The highest BCUT2D eigenvalue weighted by Gasteiger charge is 2.48. The Morgan fingerprint density at radius 3 is 2.60 bits per heavy atom. The van der Waals surface area contributed by atoms with Gasteiger partial charge in [0, 0.05) is 55.1 Å². The zero-order valence-electron chi connectivity index (χ0n) is 33.1. The second-order valence-corrected chi connectivity index (χ2v) is 15.1. The van der Waals surface area contributed by atoms with Crippen LogP contribution in [-0.2, 0) is 49.3 Å². The van der Waals surface area contributed by atoms with Crippen LogP contribution in [0.1, 0.15) is 65.9 Å². The molecule has 2 aromatic rings. The number of aldehydes is 1. The zero-order valence-corrected chi connectivity index (χ0v) is 33.1. The predicted octanol–water partition coefficient (Wildman–Crippen LogP) is 5.55. The zero-order chi connectivity index (χ0) is 40.1. The number of carbonyl (C=O) groups is 4. The van der Waals surface area contributed by atoms with Crippen molar-refractivity contribution in [1.82, 2.24) is 9.88 Å². The smallest absolute Gasteiger partial charge is 0.309 e. The van der Waals surface area contributed by atoms with Gasteiger partial charge in [-0.05, 0) is 76.6 Å². The van der Waals surface area contributed by atoms with E-state index in [0.29, 0.717) is 12.8 Å². The number of rotatable bonds is 11. The highest BCUT2D eigenvalue weighted by Crippen LogP contribution is 2.36. The molecule has 1 fully saturated rings. The molecule has 12 heteroatoms. The van der Waals surface area contributed by atoms with E-state index >= 15 is 0 Å². The summed E-state index contributed by atoms with van der Waals surface area (Å²) in [5, 5.41) is 13.0. The number of aliphatic hydroxyl groups excluding tert-OH is 1. The van der Waals surface area contributed by atoms with Crippen molar-refractivity contribution in [2.24, 2.45) is 23.7 Å². The van der Waals surface area contributed by atoms with E-state index in [1.165, 1.54) is 13.0 Å². The molecule has 1 aromatic carbocycles. The Morgan fingerprint density at radius 1 is 1.11 bits per heavy atom. The number of pyridine rings is 1. The molecule has 11 atom stereocenters. The summed E-state index contributed by atoms with van der Waals surface area (Å²) in [5.41, 5.74) is 1.99. The van der Waals surface area contributed by atoms with E-state index in [9.17, 15) is 24.3 Å². The monoisotopic (exact) mass is 762 g/mol. The minimum Gasteiger partial charge on any atom is -0.501 e. The van der Waals surface area contributed by atoms with Crippen molar-refractivity contribution in [1.29, 1.82) is 0 Å². The van der Waals surface area contributed by atoms with Crippen molar-refractivity contribution in [3.8, 4) is 0 Å². The molecule has 0 bridgehead atoms. The van der Waals surface area contributed by atoms with Gasteiger partial charge in [-0.3, -0.25) is 19.4 Å². The molecule has 0 spiro atoms. The topological polar surface area (TPSA) is 151 Å². The predicted molar refractivity (Wildman–Crippen MR) is 207 cm³/mol. The van der Waals surface area contributed by atoms with Crippen LogP contribution < -0.4 is 0 Å². The summed E-state index contributed by atoms with van der Waals surface area (Å²) in [6, 6.07) is 9.59. The van der Waals surface area contributed by atoms with Gasteiger partial charge in [-0.2, -0.15) is 0 Å². The van der Waals surface area contributed by atoms with Gasteiger partial charge in [-0.1, -0.05) is 50.3 Å². The number of esters is 2. The molecule has 3 heterocycles. The molecule has 1 aromatic heterocycles. The fourth-order valence-corrected chi connectivity index (χ4v) is 7.55. The van der Waals surface area contributed by atoms with Crippen molar-refractivity contribution in [2.75, 3.05) is 20.7 Å². The maximum absolute atomic E-state index is 13.2. The second-order valence-electron chi connectivity index (χ2n) is 15.1. The number of allylic oxidation sites excluding steroid dienone is 4. The first-order valence-electron chi connectivity index (χ1n) is 19.2. The number of nitrogens with zero attached hydrogens (tertiary/aromatic N) is 2. The lowest BCUT2D eigenvalue weighted by atomic mass is 9.79. The number of fused-ring (bicyclic) bond motifs is 1. The molecular formula is C43H58N2O10. The third-order valence-electron chi connectivity index (χ3n) is 10.5. The van der Waals surface area contributed by atoms with Gasteiger partial charge in [-0.25, -0.2) is 0 Å². The number of ether oxygens (including phenoxy) is 5. The lowest BCUT2D eigenvalue weighted by molar-refractivity contribution is -0.298. The molecule has 1 N–H and O–H groups in total. The van der Waals surface area contributed by atoms with Gasteiger partial charge < -0.3 is 38.5 Å². The summed E-state index contributed by atoms with van der Waals surface area (Å²) in [5.74, 6) is -3.29. The van der Waals surface area contributed by atoms with Crippen LogP contribution in [0.15, 0.2) is 73.2 Å². The third-order valence-corrected chi connectivity index (χ3v) is 10.5. The van der Waals surface area contributed by atoms with Crippen LogP contribution in [0.2, 0.25) is 0 Å². The highest BCUT2D eigenvalue weighted by atomic mass is 16.7. The number of hydrogen-bond acceptors (Lipinski definition) is 12. The molecule has 0 aliphatic carbocycles. The van der Waals surface area contributed by atoms with E-state index in [1.807, 2.05) is 62.5 Å². The standard InChI is InChI=1S/C43H58N2O10/c1-27-22-34(19-20-46)42(29(3)38(54-31(5)47)24-39(49)52-28(2)14-9-8-10-18-37(27)48)55-43-41(50)40(45(6)7)35(30(4)53-43)26-51-21-13-15-32-23-33-16-11-12-17-36(33)44-25-32/h8-13,16-18,20-21,23,25,27-30,34-35,38,40-43,50H,14-15,19,22,24,26H2,1-7H3/b9-8+,18-10+,21-13-/t27-,28-,29+,30-,34+,35-,38-,40+,41-,42-,43-/m1/s1. The number of aliphatic hydroxyl groups is 1. The van der Waals surface area contributed by atoms with Gasteiger partial charge in [0.15, 0.2) is 12.1 Å². The van der Waals surface area contributed by atoms with Gasteiger partial charge in [0.25, 0.3) is 0 Å². The number of cyclic esters (lactones) is 1. The van der Waals surface area contributed by atoms with Gasteiger partial charge in [-0.15, -0.1) is 0 Å². The van der Waals surface area contributed by atoms with Crippen LogP contribution in [0.4, 0.5) is 0 Å². The molecule has 2 aliphatic rings.